The van der Waals surface area contributed by atoms with Gasteiger partial charge in [0, 0.05) is 18.1 Å². The molecule has 1 atom stereocenters. The molecule has 5 nitrogen and oxygen atoms in total. The summed E-state index contributed by atoms with van der Waals surface area (Å²) in [5, 5.41) is 0. The third kappa shape index (κ3) is 2.80. The molecule has 2 fully saturated rings. The van der Waals surface area contributed by atoms with E-state index in [1.807, 2.05) is 39.8 Å². The minimum atomic E-state index is -0.457. The Morgan fingerprint density at radius 3 is 2.57 bits per heavy atom. The van der Waals surface area contributed by atoms with E-state index < -0.39 is 7.12 Å². The maximum atomic E-state index is 6.08. The molecule has 0 amide bonds. The Morgan fingerprint density at radius 2 is 1.95 bits per heavy atom. The van der Waals surface area contributed by atoms with Gasteiger partial charge in [-0.1, -0.05) is 6.07 Å². The fourth-order valence-corrected chi connectivity index (χ4v) is 2.41. The lowest BCUT2D eigenvalue weighted by Crippen LogP contribution is -2.41. The monoisotopic (exact) mass is 291 g/mol. The summed E-state index contributed by atoms with van der Waals surface area (Å²) < 4.78 is 23.5. The van der Waals surface area contributed by atoms with Crippen LogP contribution in [0, 0.1) is 0 Å². The molecular formula is C15H22BNO4. The third-order valence-electron chi connectivity index (χ3n) is 4.47. The summed E-state index contributed by atoms with van der Waals surface area (Å²) in [4.78, 5) is 4.34. The molecule has 2 aliphatic rings. The van der Waals surface area contributed by atoms with Crippen LogP contribution < -0.4 is 10.2 Å². The molecule has 1 aromatic rings. The number of hydrogen-bond donors (Lipinski definition) is 0. The van der Waals surface area contributed by atoms with Crippen molar-refractivity contribution in [2.75, 3.05) is 13.2 Å². The molecule has 1 unspecified atom stereocenters. The molecule has 0 aliphatic carbocycles. The van der Waals surface area contributed by atoms with Crippen LogP contribution in [0.2, 0.25) is 0 Å². The standard InChI is InChI=1S/C15H22BNO4/c1-14(2)15(3,4)21-16(20-14)12-6-5-8-17-13(12)19-11-7-9-18-10-11/h5-6,8,11H,7,9-10H2,1-4H3. The van der Waals surface area contributed by atoms with Crippen molar-refractivity contribution < 1.29 is 18.8 Å². The molecule has 0 aromatic carbocycles. The minimum absolute atomic E-state index is 0.0565. The van der Waals surface area contributed by atoms with E-state index >= 15 is 0 Å². The molecule has 6 heteroatoms. The van der Waals surface area contributed by atoms with Gasteiger partial charge in [-0.2, -0.15) is 0 Å². The fraction of sp³-hybridized carbons (Fsp3) is 0.667. The molecule has 3 heterocycles. The molecule has 0 N–H and O–H groups in total. The van der Waals surface area contributed by atoms with E-state index in [1.54, 1.807) is 6.20 Å². The molecule has 0 radical (unpaired) electrons. The largest absolute Gasteiger partial charge is 0.500 e. The Morgan fingerprint density at radius 1 is 1.24 bits per heavy atom. The predicted octanol–water partition coefficient (Wildman–Crippen LogP) is 1.55. The van der Waals surface area contributed by atoms with E-state index in [4.69, 9.17) is 18.8 Å². The summed E-state index contributed by atoms with van der Waals surface area (Å²) in [5.41, 5.74) is 0.0886. The van der Waals surface area contributed by atoms with Crippen molar-refractivity contribution in [3.05, 3.63) is 18.3 Å². The van der Waals surface area contributed by atoms with Crippen LogP contribution in [-0.4, -0.2) is 42.6 Å². The summed E-state index contributed by atoms with van der Waals surface area (Å²) in [5.74, 6) is 0.575. The lowest BCUT2D eigenvalue weighted by atomic mass is 9.80. The Hall–Kier alpha value is -1.11. The second kappa shape index (κ2) is 5.27. The molecule has 3 rings (SSSR count). The van der Waals surface area contributed by atoms with E-state index in [9.17, 15) is 0 Å². The first kappa shape index (κ1) is 14.8. The summed E-state index contributed by atoms with van der Waals surface area (Å²) in [6.07, 6.45) is 2.67. The van der Waals surface area contributed by atoms with E-state index in [-0.39, 0.29) is 17.3 Å². The highest BCUT2D eigenvalue weighted by atomic mass is 16.7. The number of ether oxygens (including phenoxy) is 2. The molecule has 0 spiro atoms. The predicted molar refractivity (Wildman–Crippen MR) is 79.8 cm³/mol. The molecule has 2 aliphatic heterocycles. The summed E-state index contributed by atoms with van der Waals surface area (Å²) in [7, 11) is -0.457. The van der Waals surface area contributed by atoms with E-state index in [2.05, 4.69) is 4.98 Å². The number of aromatic nitrogens is 1. The van der Waals surface area contributed by atoms with E-state index in [1.165, 1.54) is 0 Å². The SMILES string of the molecule is CC1(C)OB(c2cccnc2OC2CCOC2)OC1(C)C. The van der Waals surface area contributed by atoms with Crippen LogP contribution in [-0.2, 0) is 14.0 Å². The Balaban J connectivity index is 1.82. The van der Waals surface area contributed by atoms with Gasteiger partial charge in [0.05, 0.1) is 24.4 Å². The van der Waals surface area contributed by atoms with E-state index in [0.717, 1.165) is 18.5 Å². The normalized spacial score (nSPS) is 27.0. The van der Waals surface area contributed by atoms with Gasteiger partial charge in [0.1, 0.15) is 6.10 Å². The van der Waals surface area contributed by atoms with Gasteiger partial charge in [0.15, 0.2) is 0 Å². The van der Waals surface area contributed by atoms with Gasteiger partial charge in [-0.05, 0) is 33.8 Å². The number of nitrogens with zero attached hydrogens (tertiary/aromatic N) is 1. The molecular weight excluding hydrogens is 269 g/mol. The molecule has 21 heavy (non-hydrogen) atoms. The first-order chi connectivity index (χ1) is 9.89. The quantitative estimate of drug-likeness (QED) is 0.791. The van der Waals surface area contributed by atoms with Gasteiger partial charge >= 0.3 is 7.12 Å². The van der Waals surface area contributed by atoms with Gasteiger partial charge in [0.2, 0.25) is 5.88 Å². The van der Waals surface area contributed by atoms with Crippen LogP contribution in [0.4, 0.5) is 0 Å². The van der Waals surface area contributed by atoms with Crippen molar-refractivity contribution >= 4 is 12.6 Å². The maximum Gasteiger partial charge on any atom is 0.500 e. The van der Waals surface area contributed by atoms with Crippen LogP contribution in [0.3, 0.4) is 0 Å². The Bertz CT molecular complexity index is 498. The van der Waals surface area contributed by atoms with Gasteiger partial charge < -0.3 is 18.8 Å². The zero-order chi connectivity index (χ0) is 15.1. The summed E-state index contributed by atoms with van der Waals surface area (Å²) in [6, 6.07) is 3.82. The maximum absolute atomic E-state index is 6.08. The number of pyridine rings is 1. The van der Waals surface area contributed by atoms with Crippen LogP contribution in [0.15, 0.2) is 18.3 Å². The molecule has 0 saturated carbocycles. The van der Waals surface area contributed by atoms with Crippen molar-refractivity contribution in [2.24, 2.45) is 0 Å². The van der Waals surface area contributed by atoms with Gasteiger partial charge in [-0.15, -0.1) is 0 Å². The molecule has 114 valence electrons. The Kier molecular flexibility index (Phi) is 3.72. The zero-order valence-electron chi connectivity index (χ0n) is 13.1. The number of hydrogen-bond acceptors (Lipinski definition) is 5. The first-order valence-electron chi connectivity index (χ1n) is 7.44. The molecule has 2 saturated heterocycles. The van der Waals surface area contributed by atoms with Gasteiger partial charge in [0.25, 0.3) is 0 Å². The first-order valence-corrected chi connectivity index (χ1v) is 7.44. The van der Waals surface area contributed by atoms with Crippen molar-refractivity contribution in [1.82, 2.24) is 4.98 Å². The minimum Gasteiger partial charge on any atom is -0.472 e. The van der Waals surface area contributed by atoms with Crippen LogP contribution in [0.5, 0.6) is 5.88 Å². The number of rotatable bonds is 3. The van der Waals surface area contributed by atoms with Crippen molar-refractivity contribution in [1.29, 1.82) is 0 Å². The lowest BCUT2D eigenvalue weighted by Gasteiger charge is -2.32. The van der Waals surface area contributed by atoms with Crippen molar-refractivity contribution in [3.63, 3.8) is 0 Å². The smallest absolute Gasteiger partial charge is 0.472 e. The van der Waals surface area contributed by atoms with Crippen molar-refractivity contribution in [2.45, 2.75) is 51.4 Å². The zero-order valence-corrected chi connectivity index (χ0v) is 13.1. The third-order valence-corrected chi connectivity index (χ3v) is 4.47. The summed E-state index contributed by atoms with van der Waals surface area (Å²) >= 11 is 0. The molecule has 0 bridgehead atoms. The average Bonchev–Trinajstić information content (AvgIpc) is 2.97. The highest BCUT2D eigenvalue weighted by molar-refractivity contribution is 6.63. The second-order valence-corrected chi connectivity index (χ2v) is 6.59. The Labute approximate surface area is 126 Å². The van der Waals surface area contributed by atoms with Gasteiger partial charge in [-0.3, -0.25) is 0 Å². The van der Waals surface area contributed by atoms with Gasteiger partial charge in [-0.25, -0.2) is 4.98 Å². The topological polar surface area (TPSA) is 49.8 Å². The van der Waals surface area contributed by atoms with E-state index in [0.29, 0.717) is 12.5 Å². The lowest BCUT2D eigenvalue weighted by molar-refractivity contribution is 0.00578. The summed E-state index contributed by atoms with van der Waals surface area (Å²) in [6.45, 7) is 9.50. The van der Waals surface area contributed by atoms with Crippen LogP contribution in [0.1, 0.15) is 34.1 Å². The molecule has 1 aromatic heterocycles. The fourth-order valence-electron chi connectivity index (χ4n) is 2.41. The van der Waals surface area contributed by atoms with Crippen LogP contribution >= 0.6 is 0 Å². The highest BCUT2D eigenvalue weighted by Crippen LogP contribution is 2.37. The van der Waals surface area contributed by atoms with Crippen molar-refractivity contribution in [3.8, 4) is 5.88 Å². The highest BCUT2D eigenvalue weighted by Gasteiger charge is 2.52. The second-order valence-electron chi connectivity index (χ2n) is 6.59. The average molecular weight is 291 g/mol. The van der Waals surface area contributed by atoms with Crippen LogP contribution in [0.25, 0.3) is 0 Å².